The summed E-state index contributed by atoms with van der Waals surface area (Å²) in [7, 11) is 1.59. The van der Waals surface area contributed by atoms with Crippen LogP contribution in [0.25, 0.3) is 0 Å². The molecule has 0 aliphatic rings. The molecule has 22 heavy (non-hydrogen) atoms. The lowest BCUT2D eigenvalue weighted by Gasteiger charge is -2.15. The maximum atomic E-state index is 12.1. The fraction of sp³-hybridized carbons (Fsp3) is 0.222. The zero-order valence-electron chi connectivity index (χ0n) is 12.6. The lowest BCUT2D eigenvalue weighted by atomic mass is 10.1. The minimum Gasteiger partial charge on any atom is -0.497 e. The Kier molecular flexibility index (Phi) is 5.31. The smallest absolute Gasteiger partial charge is 0.338 e. The number of benzene rings is 2. The van der Waals surface area contributed by atoms with Crippen molar-refractivity contribution in [2.24, 2.45) is 0 Å². The molecule has 0 amide bonds. The number of hydrogen-bond acceptors (Lipinski definition) is 4. The Labute approximate surface area is 129 Å². The van der Waals surface area contributed by atoms with Crippen LogP contribution in [0.3, 0.4) is 0 Å². The van der Waals surface area contributed by atoms with E-state index in [-0.39, 0.29) is 5.78 Å². The van der Waals surface area contributed by atoms with Gasteiger partial charge < -0.3 is 9.47 Å². The quantitative estimate of drug-likeness (QED) is 0.769. The second-order valence-electron chi connectivity index (χ2n) is 4.92. The molecule has 0 heterocycles. The van der Waals surface area contributed by atoms with E-state index in [0.717, 1.165) is 11.3 Å². The van der Waals surface area contributed by atoms with Crippen LogP contribution >= 0.6 is 0 Å². The lowest BCUT2D eigenvalue weighted by Crippen LogP contribution is -2.27. The third kappa shape index (κ3) is 4.19. The summed E-state index contributed by atoms with van der Waals surface area (Å²) in [4.78, 5) is 23.8. The molecule has 4 heteroatoms. The van der Waals surface area contributed by atoms with E-state index in [1.54, 1.807) is 31.4 Å². The van der Waals surface area contributed by atoms with Crippen LogP contribution in [0.5, 0.6) is 5.75 Å². The molecule has 1 atom stereocenters. The van der Waals surface area contributed by atoms with Gasteiger partial charge in [-0.05, 0) is 36.8 Å². The predicted molar refractivity (Wildman–Crippen MR) is 83.0 cm³/mol. The summed E-state index contributed by atoms with van der Waals surface area (Å²) in [6.45, 7) is 1.42. The Morgan fingerprint density at radius 1 is 1.00 bits per heavy atom. The molecule has 0 aliphatic carbocycles. The van der Waals surface area contributed by atoms with Gasteiger partial charge in [-0.3, -0.25) is 4.79 Å². The van der Waals surface area contributed by atoms with E-state index in [1.165, 1.54) is 6.92 Å². The van der Waals surface area contributed by atoms with E-state index >= 15 is 0 Å². The molecule has 0 aromatic heterocycles. The van der Waals surface area contributed by atoms with Crippen LogP contribution in [-0.2, 0) is 16.0 Å². The van der Waals surface area contributed by atoms with Gasteiger partial charge >= 0.3 is 5.97 Å². The van der Waals surface area contributed by atoms with Crippen molar-refractivity contribution in [3.63, 3.8) is 0 Å². The molecule has 0 spiro atoms. The molecule has 114 valence electrons. The highest BCUT2D eigenvalue weighted by molar-refractivity contribution is 5.92. The summed E-state index contributed by atoms with van der Waals surface area (Å²) < 4.78 is 10.4. The predicted octanol–water partition coefficient (Wildman–Crippen LogP) is 3.05. The van der Waals surface area contributed by atoms with E-state index in [0.29, 0.717) is 12.0 Å². The molecule has 2 rings (SSSR count). The Morgan fingerprint density at radius 3 is 2.18 bits per heavy atom. The first kappa shape index (κ1) is 15.8. The number of carbonyl (C=O) groups is 2. The summed E-state index contributed by atoms with van der Waals surface area (Å²) >= 11 is 0. The molecule has 2 aromatic carbocycles. The molecule has 1 unspecified atom stereocenters. The molecular formula is C18H18O4. The first-order chi connectivity index (χ1) is 10.6. The van der Waals surface area contributed by atoms with Crippen molar-refractivity contribution < 1.29 is 19.1 Å². The van der Waals surface area contributed by atoms with Gasteiger partial charge in [0.1, 0.15) is 5.75 Å². The van der Waals surface area contributed by atoms with Gasteiger partial charge in [-0.15, -0.1) is 0 Å². The molecule has 0 fully saturated rings. The van der Waals surface area contributed by atoms with E-state index in [9.17, 15) is 9.59 Å². The van der Waals surface area contributed by atoms with E-state index < -0.39 is 12.1 Å². The van der Waals surface area contributed by atoms with Crippen LogP contribution in [-0.4, -0.2) is 25.0 Å². The average molecular weight is 298 g/mol. The van der Waals surface area contributed by atoms with E-state index in [4.69, 9.17) is 9.47 Å². The average Bonchev–Trinajstić information content (AvgIpc) is 2.55. The molecule has 0 N–H and O–H groups in total. The van der Waals surface area contributed by atoms with Crippen LogP contribution in [0.15, 0.2) is 54.6 Å². The number of ketones is 1. The van der Waals surface area contributed by atoms with Crippen molar-refractivity contribution in [1.29, 1.82) is 0 Å². The maximum absolute atomic E-state index is 12.1. The highest BCUT2D eigenvalue weighted by Crippen LogP contribution is 2.15. The normalized spacial score (nSPS) is 11.5. The zero-order valence-corrected chi connectivity index (χ0v) is 12.6. The van der Waals surface area contributed by atoms with Gasteiger partial charge in [0, 0.05) is 6.42 Å². The van der Waals surface area contributed by atoms with Crippen molar-refractivity contribution >= 4 is 11.8 Å². The van der Waals surface area contributed by atoms with Crippen LogP contribution in [0.1, 0.15) is 22.8 Å². The Hall–Kier alpha value is -2.62. The van der Waals surface area contributed by atoms with E-state index in [1.807, 2.05) is 30.3 Å². The third-order valence-electron chi connectivity index (χ3n) is 3.29. The minimum absolute atomic E-state index is 0.180. The molecule has 0 bridgehead atoms. The van der Waals surface area contributed by atoms with Gasteiger partial charge in [-0.25, -0.2) is 4.79 Å². The van der Waals surface area contributed by atoms with E-state index in [2.05, 4.69) is 0 Å². The van der Waals surface area contributed by atoms with Crippen LogP contribution in [0.4, 0.5) is 0 Å². The van der Waals surface area contributed by atoms with Crippen LogP contribution in [0, 0.1) is 0 Å². The second kappa shape index (κ2) is 7.41. The number of methoxy groups -OCH3 is 1. The fourth-order valence-electron chi connectivity index (χ4n) is 2.02. The van der Waals surface area contributed by atoms with Gasteiger partial charge in [0.2, 0.25) is 0 Å². The minimum atomic E-state index is -0.791. The lowest BCUT2D eigenvalue weighted by molar-refractivity contribution is -0.125. The summed E-state index contributed by atoms with van der Waals surface area (Å²) in [5, 5.41) is 0. The van der Waals surface area contributed by atoms with Crippen molar-refractivity contribution in [3.8, 4) is 5.75 Å². The van der Waals surface area contributed by atoms with Crippen molar-refractivity contribution in [1.82, 2.24) is 0 Å². The van der Waals surface area contributed by atoms with Crippen molar-refractivity contribution in [3.05, 3.63) is 65.7 Å². The van der Waals surface area contributed by atoms with Crippen molar-refractivity contribution in [2.45, 2.75) is 19.4 Å². The molecule has 4 nitrogen and oxygen atoms in total. The summed E-state index contributed by atoms with van der Waals surface area (Å²) in [5.74, 6) is 0.0683. The first-order valence-corrected chi connectivity index (χ1v) is 6.99. The maximum Gasteiger partial charge on any atom is 0.338 e. The van der Waals surface area contributed by atoms with Gasteiger partial charge in [0.05, 0.1) is 12.7 Å². The van der Waals surface area contributed by atoms with Crippen LogP contribution in [0.2, 0.25) is 0 Å². The molecule has 0 saturated carbocycles. The first-order valence-electron chi connectivity index (χ1n) is 6.99. The largest absolute Gasteiger partial charge is 0.497 e. The zero-order chi connectivity index (χ0) is 15.9. The molecule has 0 radical (unpaired) electrons. The number of carbonyl (C=O) groups excluding carboxylic acids is 2. The monoisotopic (exact) mass is 298 g/mol. The summed E-state index contributed by atoms with van der Waals surface area (Å²) in [5.41, 5.74) is 1.34. The Morgan fingerprint density at radius 2 is 1.64 bits per heavy atom. The number of hydrogen-bond donors (Lipinski definition) is 0. The number of Topliss-reactive ketones (excluding diaryl/α,β-unsaturated/α-hetero) is 1. The number of ether oxygens (including phenoxy) is 2. The SMILES string of the molecule is COc1ccc(CC(OC(=O)c2ccccc2)C(C)=O)cc1. The highest BCUT2D eigenvalue weighted by Gasteiger charge is 2.20. The van der Waals surface area contributed by atoms with Gasteiger partial charge in [-0.1, -0.05) is 30.3 Å². The van der Waals surface area contributed by atoms with Crippen LogP contribution < -0.4 is 4.74 Å². The third-order valence-corrected chi connectivity index (χ3v) is 3.29. The highest BCUT2D eigenvalue weighted by atomic mass is 16.5. The molecular weight excluding hydrogens is 280 g/mol. The summed E-state index contributed by atoms with van der Waals surface area (Å²) in [6.07, 6.45) is -0.446. The standard InChI is InChI=1S/C18H18O4/c1-13(19)17(12-14-8-10-16(21-2)11-9-14)22-18(20)15-6-4-3-5-7-15/h3-11,17H,12H2,1-2H3. The molecule has 0 saturated heterocycles. The van der Waals surface area contributed by atoms with Crippen molar-refractivity contribution in [2.75, 3.05) is 7.11 Å². The molecule has 2 aromatic rings. The fourth-order valence-corrected chi connectivity index (χ4v) is 2.02. The number of rotatable bonds is 6. The summed E-state index contributed by atoms with van der Waals surface area (Å²) in [6, 6.07) is 16.0. The van der Waals surface area contributed by atoms with Gasteiger partial charge in [0.25, 0.3) is 0 Å². The topological polar surface area (TPSA) is 52.6 Å². The molecule has 0 aliphatic heterocycles. The second-order valence-corrected chi connectivity index (χ2v) is 4.92. The van der Waals surface area contributed by atoms with Gasteiger partial charge in [-0.2, -0.15) is 0 Å². The number of esters is 1. The van der Waals surface area contributed by atoms with Gasteiger partial charge in [0.15, 0.2) is 11.9 Å². The Bertz CT molecular complexity index is 632. The Balaban J connectivity index is 2.06.